The molecule has 0 spiro atoms. The van der Waals surface area contributed by atoms with Crippen LogP contribution in [0.4, 0.5) is 5.69 Å². The van der Waals surface area contributed by atoms with E-state index in [2.05, 4.69) is 88.7 Å². The Morgan fingerprint density at radius 3 is 2.59 bits per heavy atom. The third-order valence-corrected chi connectivity index (χ3v) is 6.52. The molecule has 1 aliphatic heterocycles. The van der Waals surface area contributed by atoms with Gasteiger partial charge in [0.05, 0.1) is 6.04 Å². The van der Waals surface area contributed by atoms with Crippen molar-refractivity contribution < 1.29 is 4.79 Å². The first-order valence-corrected chi connectivity index (χ1v) is 10.2. The van der Waals surface area contributed by atoms with Crippen molar-refractivity contribution in [2.24, 2.45) is 5.92 Å². The van der Waals surface area contributed by atoms with Gasteiger partial charge in [0.25, 0.3) is 0 Å². The smallest absolute Gasteiger partial charge is 0.224 e. The van der Waals surface area contributed by atoms with Crippen LogP contribution in [0.1, 0.15) is 36.4 Å². The van der Waals surface area contributed by atoms with Gasteiger partial charge in [-0.05, 0) is 52.4 Å². The second-order valence-electron chi connectivity index (χ2n) is 7.46. The number of anilines is 1. The molecule has 0 radical (unpaired) electrons. The van der Waals surface area contributed by atoms with E-state index in [4.69, 9.17) is 0 Å². The van der Waals surface area contributed by atoms with Crippen LogP contribution in [0, 0.1) is 5.92 Å². The van der Waals surface area contributed by atoms with E-state index in [0.717, 1.165) is 16.6 Å². The van der Waals surface area contributed by atoms with Crippen molar-refractivity contribution in [3.63, 3.8) is 0 Å². The Labute approximate surface area is 167 Å². The van der Waals surface area contributed by atoms with Gasteiger partial charge in [0.1, 0.15) is 0 Å². The second-order valence-corrected chi connectivity index (χ2v) is 8.37. The highest BCUT2D eigenvalue weighted by Crippen LogP contribution is 2.54. The molecule has 1 aliphatic carbocycles. The fraction of sp³-hybridized carbons (Fsp3) is 0.208. The number of fused-ring (bicyclic) bond motifs is 5. The van der Waals surface area contributed by atoms with Crippen molar-refractivity contribution in [2.45, 2.75) is 25.3 Å². The molecule has 1 heterocycles. The van der Waals surface area contributed by atoms with E-state index in [0.29, 0.717) is 11.8 Å². The van der Waals surface area contributed by atoms with Crippen molar-refractivity contribution in [1.82, 2.24) is 0 Å². The lowest BCUT2D eigenvalue weighted by Crippen LogP contribution is -2.42. The van der Waals surface area contributed by atoms with Crippen molar-refractivity contribution in [3.8, 4) is 0 Å². The first-order chi connectivity index (χ1) is 13.1. The Kier molecular flexibility index (Phi) is 3.94. The first kappa shape index (κ1) is 16.8. The van der Waals surface area contributed by atoms with Gasteiger partial charge in [-0.3, -0.25) is 4.79 Å². The maximum absolute atomic E-state index is 12.8. The fourth-order valence-electron chi connectivity index (χ4n) is 4.91. The van der Waals surface area contributed by atoms with Crippen LogP contribution >= 0.6 is 15.9 Å². The summed E-state index contributed by atoms with van der Waals surface area (Å²) in [6.45, 7) is 1.69. The van der Waals surface area contributed by atoms with E-state index in [1.54, 1.807) is 6.92 Å². The Bertz CT molecular complexity index is 1070. The average molecular weight is 418 g/mol. The highest BCUT2D eigenvalue weighted by Gasteiger charge is 2.44. The van der Waals surface area contributed by atoms with Gasteiger partial charge in [0.2, 0.25) is 5.91 Å². The van der Waals surface area contributed by atoms with Crippen molar-refractivity contribution in [1.29, 1.82) is 0 Å². The summed E-state index contributed by atoms with van der Waals surface area (Å²) in [4.78, 5) is 14.9. The van der Waals surface area contributed by atoms with Crippen molar-refractivity contribution in [2.75, 3.05) is 4.90 Å². The van der Waals surface area contributed by atoms with Gasteiger partial charge >= 0.3 is 0 Å². The summed E-state index contributed by atoms with van der Waals surface area (Å²) in [5.41, 5.74) is 3.56. The predicted octanol–water partition coefficient (Wildman–Crippen LogP) is 6.37. The summed E-state index contributed by atoms with van der Waals surface area (Å²) in [5, 5.41) is 2.50. The third kappa shape index (κ3) is 2.56. The number of hydrogen-bond donors (Lipinski definition) is 0. The fourth-order valence-corrected chi connectivity index (χ4v) is 5.18. The molecule has 0 bridgehead atoms. The number of amides is 1. The zero-order valence-corrected chi connectivity index (χ0v) is 16.7. The molecule has 0 fully saturated rings. The minimum Gasteiger partial charge on any atom is -0.305 e. The van der Waals surface area contributed by atoms with Crippen LogP contribution in [-0.2, 0) is 4.79 Å². The van der Waals surface area contributed by atoms with Gasteiger partial charge in [-0.25, -0.2) is 0 Å². The average Bonchev–Trinajstić information content (AvgIpc) is 3.16. The summed E-state index contributed by atoms with van der Waals surface area (Å²) < 4.78 is 1.06. The van der Waals surface area contributed by atoms with Crippen LogP contribution in [0.3, 0.4) is 0 Å². The Hall–Kier alpha value is -2.39. The lowest BCUT2D eigenvalue weighted by atomic mass is 9.74. The minimum absolute atomic E-state index is 0.0595. The second kappa shape index (κ2) is 6.35. The number of benzene rings is 3. The molecular weight excluding hydrogens is 398 g/mol. The van der Waals surface area contributed by atoms with E-state index >= 15 is 0 Å². The monoisotopic (exact) mass is 417 g/mol. The van der Waals surface area contributed by atoms with Gasteiger partial charge in [-0.1, -0.05) is 70.5 Å². The number of hydrogen-bond acceptors (Lipinski definition) is 1. The van der Waals surface area contributed by atoms with E-state index < -0.39 is 0 Å². The molecule has 1 amide bonds. The maximum Gasteiger partial charge on any atom is 0.224 e. The van der Waals surface area contributed by atoms with E-state index in [1.807, 2.05) is 4.90 Å². The van der Waals surface area contributed by atoms with Gasteiger partial charge in [-0.15, -0.1) is 0 Å². The lowest BCUT2D eigenvalue weighted by molar-refractivity contribution is -0.117. The van der Waals surface area contributed by atoms with Crippen molar-refractivity contribution in [3.05, 3.63) is 88.4 Å². The summed E-state index contributed by atoms with van der Waals surface area (Å²) in [5.74, 6) is 0.813. The zero-order valence-electron chi connectivity index (χ0n) is 15.1. The molecule has 0 N–H and O–H groups in total. The third-order valence-electron chi connectivity index (χ3n) is 5.99. The molecule has 0 unspecified atom stereocenters. The summed E-state index contributed by atoms with van der Waals surface area (Å²) >= 11 is 3.53. The van der Waals surface area contributed by atoms with Crippen LogP contribution < -0.4 is 4.90 Å². The van der Waals surface area contributed by atoms with Gasteiger partial charge in [0.15, 0.2) is 0 Å². The molecule has 3 atom stereocenters. The Morgan fingerprint density at radius 2 is 1.81 bits per heavy atom. The number of carbonyl (C=O) groups excluding carboxylic acids is 1. The topological polar surface area (TPSA) is 20.3 Å². The van der Waals surface area contributed by atoms with Crippen molar-refractivity contribution >= 4 is 38.3 Å². The molecule has 0 saturated heterocycles. The molecule has 3 aromatic rings. The minimum atomic E-state index is 0.0595. The molecule has 0 saturated carbocycles. The summed E-state index contributed by atoms with van der Waals surface area (Å²) in [6, 6.07) is 21.3. The molecule has 27 heavy (non-hydrogen) atoms. The number of halogens is 1. The summed E-state index contributed by atoms with van der Waals surface area (Å²) in [7, 11) is 0. The molecule has 2 aliphatic rings. The molecule has 5 rings (SSSR count). The van der Waals surface area contributed by atoms with Crippen LogP contribution in [0.2, 0.25) is 0 Å². The molecule has 134 valence electrons. The summed E-state index contributed by atoms with van der Waals surface area (Å²) in [6.07, 6.45) is 5.63. The first-order valence-electron chi connectivity index (χ1n) is 9.39. The predicted molar refractivity (Wildman–Crippen MR) is 114 cm³/mol. The highest BCUT2D eigenvalue weighted by atomic mass is 79.9. The number of carbonyl (C=O) groups is 1. The Morgan fingerprint density at radius 1 is 1.04 bits per heavy atom. The van der Waals surface area contributed by atoms with E-state index in [-0.39, 0.29) is 11.9 Å². The number of allylic oxidation sites excluding steroid dienone is 2. The zero-order chi connectivity index (χ0) is 18.5. The lowest BCUT2D eigenvalue weighted by Gasteiger charge is -2.44. The maximum atomic E-state index is 12.8. The van der Waals surface area contributed by atoms with Crippen LogP contribution in [0.5, 0.6) is 0 Å². The van der Waals surface area contributed by atoms with Crippen LogP contribution in [0.15, 0.2) is 77.3 Å². The Balaban J connectivity index is 1.78. The van der Waals surface area contributed by atoms with E-state index in [9.17, 15) is 4.79 Å². The quantitative estimate of drug-likeness (QED) is 0.421. The molecule has 0 aromatic heterocycles. The molecule has 3 aromatic carbocycles. The van der Waals surface area contributed by atoms with Gasteiger partial charge in [-0.2, -0.15) is 0 Å². The SMILES string of the molecule is CC(=O)N1c2ccc3ccccc3c2[C@@H]2C=CC[C@H]2[C@@H]1c1ccc(Br)cc1. The van der Waals surface area contributed by atoms with Gasteiger partial charge in [0, 0.05) is 23.0 Å². The number of rotatable bonds is 1. The highest BCUT2D eigenvalue weighted by molar-refractivity contribution is 9.10. The molecule has 2 nitrogen and oxygen atoms in total. The largest absolute Gasteiger partial charge is 0.305 e. The van der Waals surface area contributed by atoms with Crippen LogP contribution in [-0.4, -0.2) is 5.91 Å². The van der Waals surface area contributed by atoms with Gasteiger partial charge < -0.3 is 4.90 Å². The van der Waals surface area contributed by atoms with Crippen LogP contribution in [0.25, 0.3) is 10.8 Å². The molecule has 3 heteroatoms. The van der Waals surface area contributed by atoms with E-state index in [1.165, 1.54) is 21.9 Å². The number of nitrogens with zero attached hydrogens (tertiary/aromatic N) is 1. The molecular formula is C24H20BrNO. The normalized spacial score (nSPS) is 23.3. The standard InChI is InChI=1S/C24H20BrNO/c1-15(27)26-22-14-11-16-5-2-3-6-19(16)23(22)20-7-4-8-21(20)24(26)17-9-12-18(25)13-10-17/h2-7,9-14,20-21,24H,8H2,1H3/t20-,21-,24+/m1/s1.